The van der Waals surface area contributed by atoms with Gasteiger partial charge in [0.25, 0.3) is 5.91 Å². The molecule has 1 amide bonds. The summed E-state index contributed by atoms with van der Waals surface area (Å²) in [6.45, 7) is 0.972. The summed E-state index contributed by atoms with van der Waals surface area (Å²) < 4.78 is 23.1. The van der Waals surface area contributed by atoms with E-state index in [-0.39, 0.29) is 38.2 Å². The minimum atomic E-state index is -0.870. The number of amides is 1. The first kappa shape index (κ1) is 35.6. The van der Waals surface area contributed by atoms with Gasteiger partial charge in [-0.15, -0.1) is 0 Å². The zero-order chi connectivity index (χ0) is 34.4. The van der Waals surface area contributed by atoms with E-state index in [1.807, 2.05) is 54.6 Å². The normalized spacial score (nSPS) is 14.0. The first-order valence-corrected chi connectivity index (χ1v) is 17.5. The third-order valence-electron chi connectivity index (χ3n) is 9.04. The van der Waals surface area contributed by atoms with E-state index < -0.39 is 11.9 Å². The minimum Gasteiger partial charge on any atom is -0.494 e. The van der Waals surface area contributed by atoms with Gasteiger partial charge in [0.15, 0.2) is 11.5 Å². The number of ether oxygens (including phenoxy) is 4. The third-order valence-corrected chi connectivity index (χ3v) is 9.04. The van der Waals surface area contributed by atoms with Crippen molar-refractivity contribution in [2.45, 2.75) is 95.9 Å². The number of hydrogen-bond donors (Lipinski definition) is 3. The van der Waals surface area contributed by atoms with Crippen LogP contribution in [0.25, 0.3) is 11.1 Å². The summed E-state index contributed by atoms with van der Waals surface area (Å²) in [5.74, 6) is 0.838. The predicted molar refractivity (Wildman–Crippen MR) is 185 cm³/mol. The van der Waals surface area contributed by atoms with E-state index in [9.17, 15) is 19.5 Å². The highest BCUT2D eigenvalue weighted by atomic mass is 16.7. The van der Waals surface area contributed by atoms with Crippen molar-refractivity contribution in [3.8, 4) is 34.1 Å². The van der Waals surface area contributed by atoms with E-state index in [2.05, 4.69) is 5.32 Å². The van der Waals surface area contributed by atoms with Crippen molar-refractivity contribution in [3.63, 3.8) is 0 Å². The molecule has 1 aliphatic heterocycles. The van der Waals surface area contributed by atoms with Crippen LogP contribution >= 0.6 is 0 Å². The monoisotopic (exact) mass is 673 g/mol. The van der Waals surface area contributed by atoms with Crippen LogP contribution in [0.15, 0.2) is 54.6 Å². The van der Waals surface area contributed by atoms with E-state index in [1.54, 1.807) is 0 Å². The molecule has 0 bridgehead atoms. The number of benzene rings is 3. The van der Waals surface area contributed by atoms with Crippen molar-refractivity contribution < 1.29 is 43.5 Å². The number of aryl methyl sites for hydroxylation is 1. The molecule has 1 fully saturated rings. The second kappa shape index (κ2) is 18.1. The van der Waals surface area contributed by atoms with Gasteiger partial charge >= 0.3 is 11.9 Å². The number of unbranched alkanes of at least 4 members (excludes halogenated alkanes) is 3. The van der Waals surface area contributed by atoms with E-state index in [1.165, 1.54) is 6.42 Å². The number of carbonyl (C=O) groups excluding carboxylic acids is 1. The molecule has 3 aromatic rings. The molecule has 0 atom stereocenters. The summed E-state index contributed by atoms with van der Waals surface area (Å²) in [5.41, 5.74) is 4.31. The fourth-order valence-corrected chi connectivity index (χ4v) is 6.43. The minimum absolute atomic E-state index is 0.000338. The molecule has 0 unspecified atom stereocenters. The first-order chi connectivity index (χ1) is 23.9. The molecule has 5 rings (SSSR count). The molecule has 3 N–H and O–H groups in total. The topological polar surface area (TPSA) is 141 Å². The Morgan fingerprint density at radius 3 is 2.33 bits per heavy atom. The molecule has 0 saturated heterocycles. The van der Waals surface area contributed by atoms with Gasteiger partial charge in [-0.25, -0.2) is 0 Å². The Labute approximate surface area is 287 Å². The highest BCUT2D eigenvalue weighted by Gasteiger charge is 2.20. The molecule has 2 aliphatic rings. The first-order valence-electron chi connectivity index (χ1n) is 17.5. The standard InChI is InChI=1S/C39H47NO9/c41-37(42)15-9-21-47-34-14-8-11-27(33(34)17-19-38(43)44)10-4-1-2-7-20-46-32-23-29(28-16-18-35-36(25-28)49-26-48-35)22-30(24-32)39(45)40-31-12-5-3-6-13-31/h8,11,14,16,18,22-25,31H,1-7,9-10,12-13,15,17,19-21,26H2,(H,40,45)(H,41,42)(H,43,44). The predicted octanol–water partition coefficient (Wildman–Crippen LogP) is 7.59. The average Bonchev–Trinajstić information content (AvgIpc) is 3.57. The fraction of sp³-hybridized carbons (Fsp3) is 0.462. The van der Waals surface area contributed by atoms with Gasteiger partial charge in [-0.2, -0.15) is 0 Å². The van der Waals surface area contributed by atoms with Crippen LogP contribution in [-0.2, 0) is 22.4 Å². The Bertz CT molecular complexity index is 1580. The van der Waals surface area contributed by atoms with E-state index in [4.69, 9.17) is 24.1 Å². The summed E-state index contributed by atoms with van der Waals surface area (Å²) in [6, 6.07) is 17.4. The number of carboxylic acids is 2. The van der Waals surface area contributed by atoms with Crippen LogP contribution in [-0.4, -0.2) is 54.1 Å². The maximum absolute atomic E-state index is 13.3. The maximum atomic E-state index is 13.3. The smallest absolute Gasteiger partial charge is 0.303 e. The molecule has 49 heavy (non-hydrogen) atoms. The molecular formula is C39H47NO9. The molecule has 1 heterocycles. The van der Waals surface area contributed by atoms with Gasteiger partial charge in [-0.1, -0.05) is 50.3 Å². The number of hydrogen-bond acceptors (Lipinski definition) is 7. The Balaban J connectivity index is 1.15. The maximum Gasteiger partial charge on any atom is 0.303 e. The second-order valence-corrected chi connectivity index (χ2v) is 12.8. The van der Waals surface area contributed by atoms with Crippen molar-refractivity contribution in [2.75, 3.05) is 20.0 Å². The lowest BCUT2D eigenvalue weighted by molar-refractivity contribution is -0.138. The largest absolute Gasteiger partial charge is 0.494 e. The van der Waals surface area contributed by atoms with Crippen molar-refractivity contribution in [1.29, 1.82) is 0 Å². The van der Waals surface area contributed by atoms with Crippen LogP contribution in [0.3, 0.4) is 0 Å². The lowest BCUT2D eigenvalue weighted by Crippen LogP contribution is -2.36. The molecule has 262 valence electrons. The van der Waals surface area contributed by atoms with Gasteiger partial charge in [0.05, 0.1) is 13.2 Å². The molecule has 10 heteroatoms. The van der Waals surface area contributed by atoms with Gasteiger partial charge in [-0.3, -0.25) is 14.4 Å². The SMILES string of the molecule is O=C(O)CCCOc1cccc(CCCCCCOc2cc(C(=O)NC3CCCCC3)cc(-c3ccc4c(c3)OCO4)c2)c1CCC(=O)O. The van der Waals surface area contributed by atoms with Gasteiger partial charge in [0.2, 0.25) is 6.79 Å². The fourth-order valence-electron chi connectivity index (χ4n) is 6.43. The zero-order valence-electron chi connectivity index (χ0n) is 28.0. The molecular weight excluding hydrogens is 626 g/mol. The van der Waals surface area contributed by atoms with Gasteiger partial charge in [0, 0.05) is 24.4 Å². The highest BCUT2D eigenvalue weighted by Crippen LogP contribution is 2.37. The lowest BCUT2D eigenvalue weighted by Gasteiger charge is -2.23. The summed E-state index contributed by atoms with van der Waals surface area (Å²) in [7, 11) is 0. The number of nitrogens with one attached hydrogen (secondary N) is 1. The van der Waals surface area contributed by atoms with Crippen LogP contribution in [0.5, 0.6) is 23.0 Å². The summed E-state index contributed by atoms with van der Waals surface area (Å²) in [4.78, 5) is 35.5. The quantitative estimate of drug-likeness (QED) is 0.110. The van der Waals surface area contributed by atoms with Crippen LogP contribution < -0.4 is 24.3 Å². The van der Waals surface area contributed by atoms with E-state index in [0.29, 0.717) is 48.0 Å². The van der Waals surface area contributed by atoms with Crippen LogP contribution in [0, 0.1) is 0 Å². The van der Waals surface area contributed by atoms with Crippen LogP contribution in [0.4, 0.5) is 0 Å². The van der Waals surface area contributed by atoms with Gasteiger partial charge < -0.3 is 34.5 Å². The third kappa shape index (κ3) is 10.9. The molecule has 3 aromatic carbocycles. The summed E-state index contributed by atoms with van der Waals surface area (Å²) in [5, 5.41) is 21.4. The number of carbonyl (C=O) groups is 3. The number of rotatable bonds is 19. The molecule has 1 saturated carbocycles. The van der Waals surface area contributed by atoms with Crippen LogP contribution in [0.1, 0.15) is 98.5 Å². The molecule has 0 aromatic heterocycles. The van der Waals surface area contributed by atoms with Gasteiger partial charge in [0.1, 0.15) is 11.5 Å². The zero-order valence-corrected chi connectivity index (χ0v) is 28.0. The summed E-state index contributed by atoms with van der Waals surface area (Å²) >= 11 is 0. The second-order valence-electron chi connectivity index (χ2n) is 12.8. The Hall–Kier alpha value is -4.73. The Morgan fingerprint density at radius 1 is 0.735 bits per heavy atom. The Kier molecular flexibility index (Phi) is 13.2. The van der Waals surface area contributed by atoms with Crippen molar-refractivity contribution >= 4 is 17.8 Å². The summed E-state index contributed by atoms with van der Waals surface area (Å²) in [6.07, 6.45) is 10.8. The van der Waals surface area contributed by atoms with Crippen molar-refractivity contribution in [3.05, 3.63) is 71.3 Å². The molecule has 0 radical (unpaired) electrons. The van der Waals surface area contributed by atoms with Crippen molar-refractivity contribution in [2.24, 2.45) is 0 Å². The molecule has 0 spiro atoms. The highest BCUT2D eigenvalue weighted by molar-refractivity contribution is 5.96. The molecule has 10 nitrogen and oxygen atoms in total. The number of carboxylic acid groups (broad SMARTS) is 2. The van der Waals surface area contributed by atoms with Gasteiger partial charge in [-0.05, 0) is 104 Å². The average molecular weight is 674 g/mol. The van der Waals surface area contributed by atoms with Crippen molar-refractivity contribution in [1.82, 2.24) is 5.32 Å². The Morgan fingerprint density at radius 2 is 1.51 bits per heavy atom. The van der Waals surface area contributed by atoms with E-state index in [0.717, 1.165) is 80.0 Å². The number of fused-ring (bicyclic) bond motifs is 1. The lowest BCUT2D eigenvalue weighted by atomic mass is 9.95. The van der Waals surface area contributed by atoms with E-state index >= 15 is 0 Å². The molecule has 1 aliphatic carbocycles. The number of aliphatic carboxylic acids is 2. The van der Waals surface area contributed by atoms with Crippen LogP contribution in [0.2, 0.25) is 0 Å².